The van der Waals surface area contributed by atoms with Crippen LogP contribution in [0, 0.1) is 5.82 Å². The van der Waals surface area contributed by atoms with Crippen LogP contribution in [0.1, 0.15) is 27.6 Å². The van der Waals surface area contributed by atoms with E-state index in [-0.39, 0.29) is 32.8 Å². The first kappa shape index (κ1) is 15.2. The number of phenolic OH excluding ortho intramolecular Hbond substituents is 1. The number of anilines is 1. The van der Waals surface area contributed by atoms with E-state index in [4.69, 9.17) is 0 Å². The number of nitrogens with one attached hydrogen (secondary N) is 1. The Balaban J connectivity index is 2.29. The van der Waals surface area contributed by atoms with Gasteiger partial charge in [0.15, 0.2) is 5.78 Å². The maximum atomic E-state index is 13.4. The molecule has 21 heavy (non-hydrogen) atoms. The summed E-state index contributed by atoms with van der Waals surface area (Å²) in [6, 6.07) is 8.37. The monoisotopic (exact) mass is 351 g/mol. The van der Waals surface area contributed by atoms with Crippen molar-refractivity contribution in [2.24, 2.45) is 0 Å². The predicted octanol–water partition coefficient (Wildman–Crippen LogP) is 3.75. The van der Waals surface area contributed by atoms with Crippen LogP contribution in [0.2, 0.25) is 0 Å². The van der Waals surface area contributed by atoms with Crippen molar-refractivity contribution in [3.05, 3.63) is 57.8 Å². The minimum atomic E-state index is -0.586. The molecule has 0 unspecified atom stereocenters. The normalized spacial score (nSPS) is 10.2. The Labute approximate surface area is 128 Å². The molecule has 4 nitrogen and oxygen atoms in total. The molecule has 1 amide bonds. The van der Waals surface area contributed by atoms with E-state index < -0.39 is 11.7 Å². The molecule has 0 aliphatic rings. The summed E-state index contributed by atoms with van der Waals surface area (Å²) >= 11 is 3.00. The zero-order valence-corrected chi connectivity index (χ0v) is 12.6. The molecule has 2 aromatic rings. The zero-order valence-electron chi connectivity index (χ0n) is 11.0. The SMILES string of the molecule is CC(=O)c1cccc(NC(=O)c2ccc(Br)c(F)c2)c1O. The molecule has 0 spiro atoms. The average Bonchev–Trinajstić information content (AvgIpc) is 2.43. The quantitative estimate of drug-likeness (QED) is 0.653. The lowest BCUT2D eigenvalue weighted by Crippen LogP contribution is -2.13. The highest BCUT2D eigenvalue weighted by atomic mass is 79.9. The van der Waals surface area contributed by atoms with Gasteiger partial charge in [0, 0.05) is 5.56 Å². The van der Waals surface area contributed by atoms with Crippen LogP contribution in [0.5, 0.6) is 5.75 Å². The smallest absolute Gasteiger partial charge is 0.255 e. The van der Waals surface area contributed by atoms with Crippen molar-refractivity contribution in [1.29, 1.82) is 0 Å². The summed E-state index contributed by atoms with van der Waals surface area (Å²) in [5.74, 6) is -1.78. The number of para-hydroxylation sites is 1. The molecule has 0 bridgehead atoms. The van der Waals surface area contributed by atoms with Gasteiger partial charge in [-0.15, -0.1) is 0 Å². The fourth-order valence-electron chi connectivity index (χ4n) is 1.76. The van der Waals surface area contributed by atoms with E-state index in [2.05, 4.69) is 21.2 Å². The molecule has 0 saturated heterocycles. The van der Waals surface area contributed by atoms with Crippen LogP contribution in [-0.2, 0) is 0 Å². The molecular formula is C15H11BrFNO3. The number of aromatic hydroxyl groups is 1. The van der Waals surface area contributed by atoms with Gasteiger partial charge < -0.3 is 10.4 Å². The van der Waals surface area contributed by atoms with E-state index in [1.807, 2.05) is 0 Å². The lowest BCUT2D eigenvalue weighted by atomic mass is 10.1. The van der Waals surface area contributed by atoms with Crippen LogP contribution in [0.25, 0.3) is 0 Å². The summed E-state index contributed by atoms with van der Waals surface area (Å²) in [4.78, 5) is 23.4. The molecule has 2 rings (SSSR count). The van der Waals surface area contributed by atoms with Crippen LogP contribution in [0.3, 0.4) is 0 Å². The maximum Gasteiger partial charge on any atom is 0.255 e. The topological polar surface area (TPSA) is 66.4 Å². The maximum absolute atomic E-state index is 13.4. The van der Waals surface area contributed by atoms with Gasteiger partial charge in [-0.2, -0.15) is 0 Å². The van der Waals surface area contributed by atoms with Crippen molar-refractivity contribution in [2.45, 2.75) is 6.92 Å². The van der Waals surface area contributed by atoms with Crippen LogP contribution >= 0.6 is 15.9 Å². The number of phenols is 1. The van der Waals surface area contributed by atoms with Gasteiger partial charge in [-0.1, -0.05) is 6.07 Å². The van der Waals surface area contributed by atoms with Gasteiger partial charge in [-0.25, -0.2) is 4.39 Å². The Morgan fingerprint density at radius 1 is 1.24 bits per heavy atom. The first-order valence-corrected chi connectivity index (χ1v) is 6.78. The Hall–Kier alpha value is -2.21. The standard InChI is InChI=1S/C15H11BrFNO3/c1-8(19)10-3-2-4-13(14(10)20)18-15(21)9-5-6-11(16)12(17)7-9/h2-7,20H,1H3,(H,18,21). The van der Waals surface area contributed by atoms with Crippen molar-refractivity contribution < 1.29 is 19.1 Å². The number of halogens is 2. The Kier molecular flexibility index (Phi) is 4.37. The van der Waals surface area contributed by atoms with Gasteiger partial charge in [0.05, 0.1) is 15.7 Å². The summed E-state index contributed by atoms with van der Waals surface area (Å²) in [6.45, 7) is 1.31. The van der Waals surface area contributed by atoms with Gasteiger partial charge in [0.2, 0.25) is 0 Å². The van der Waals surface area contributed by atoms with Crippen molar-refractivity contribution in [3.8, 4) is 5.75 Å². The Morgan fingerprint density at radius 2 is 1.95 bits per heavy atom. The van der Waals surface area contributed by atoms with E-state index >= 15 is 0 Å². The van der Waals surface area contributed by atoms with E-state index in [0.717, 1.165) is 6.07 Å². The van der Waals surface area contributed by atoms with Gasteiger partial charge >= 0.3 is 0 Å². The van der Waals surface area contributed by atoms with Crippen LogP contribution < -0.4 is 5.32 Å². The average molecular weight is 352 g/mol. The van der Waals surface area contributed by atoms with Crippen molar-refractivity contribution >= 4 is 33.3 Å². The fourth-order valence-corrected chi connectivity index (χ4v) is 2.01. The highest BCUT2D eigenvalue weighted by Crippen LogP contribution is 2.28. The second-order valence-corrected chi connectivity index (χ2v) is 5.20. The molecule has 0 radical (unpaired) electrons. The number of hydrogen-bond acceptors (Lipinski definition) is 3. The van der Waals surface area contributed by atoms with Gasteiger partial charge in [-0.3, -0.25) is 9.59 Å². The molecule has 0 fully saturated rings. The predicted molar refractivity (Wildman–Crippen MR) is 80.2 cm³/mol. The third kappa shape index (κ3) is 3.28. The third-order valence-corrected chi connectivity index (χ3v) is 3.49. The lowest BCUT2D eigenvalue weighted by molar-refractivity contribution is 0.100. The van der Waals surface area contributed by atoms with E-state index in [1.165, 1.54) is 37.3 Å². The fraction of sp³-hybridized carbons (Fsp3) is 0.0667. The molecule has 0 atom stereocenters. The molecule has 6 heteroatoms. The van der Waals surface area contributed by atoms with Gasteiger partial charge in [0.1, 0.15) is 11.6 Å². The number of Topliss-reactive ketones (excluding diaryl/α,β-unsaturated/α-hetero) is 1. The summed E-state index contributed by atoms with van der Waals surface area (Å²) in [5.41, 5.74) is 0.300. The molecule has 0 saturated carbocycles. The first-order valence-electron chi connectivity index (χ1n) is 5.99. The third-order valence-electron chi connectivity index (χ3n) is 2.85. The molecule has 2 aromatic carbocycles. The zero-order chi connectivity index (χ0) is 15.6. The van der Waals surface area contributed by atoms with E-state index in [9.17, 15) is 19.1 Å². The number of rotatable bonds is 3. The number of benzene rings is 2. The van der Waals surface area contributed by atoms with E-state index in [1.54, 1.807) is 0 Å². The van der Waals surface area contributed by atoms with Crippen molar-refractivity contribution in [3.63, 3.8) is 0 Å². The van der Waals surface area contributed by atoms with Crippen LogP contribution in [-0.4, -0.2) is 16.8 Å². The number of hydrogen-bond donors (Lipinski definition) is 2. The largest absolute Gasteiger partial charge is 0.505 e. The molecule has 0 aliphatic carbocycles. The van der Waals surface area contributed by atoms with Crippen LogP contribution in [0.4, 0.5) is 10.1 Å². The number of amides is 1. The summed E-state index contributed by atoms with van der Waals surface area (Å²) < 4.78 is 13.7. The first-order chi connectivity index (χ1) is 9.90. The molecular weight excluding hydrogens is 341 g/mol. The highest BCUT2D eigenvalue weighted by molar-refractivity contribution is 9.10. The molecule has 0 aliphatic heterocycles. The number of ketones is 1. The number of carbonyl (C=O) groups excluding carboxylic acids is 2. The second kappa shape index (κ2) is 6.05. The lowest BCUT2D eigenvalue weighted by Gasteiger charge is -2.10. The molecule has 0 aromatic heterocycles. The summed E-state index contributed by atoms with van der Waals surface area (Å²) in [7, 11) is 0. The van der Waals surface area contributed by atoms with Crippen LogP contribution in [0.15, 0.2) is 40.9 Å². The minimum Gasteiger partial charge on any atom is -0.505 e. The van der Waals surface area contributed by atoms with E-state index in [0.29, 0.717) is 0 Å². The Bertz CT molecular complexity index is 731. The molecule has 108 valence electrons. The van der Waals surface area contributed by atoms with Crippen molar-refractivity contribution in [2.75, 3.05) is 5.32 Å². The highest BCUT2D eigenvalue weighted by Gasteiger charge is 2.14. The Morgan fingerprint density at radius 3 is 2.57 bits per heavy atom. The van der Waals surface area contributed by atoms with Crippen molar-refractivity contribution in [1.82, 2.24) is 0 Å². The van der Waals surface area contributed by atoms with Gasteiger partial charge in [0.25, 0.3) is 5.91 Å². The number of carbonyl (C=O) groups is 2. The molecule has 0 heterocycles. The summed E-state index contributed by atoms with van der Waals surface area (Å²) in [6.07, 6.45) is 0. The van der Waals surface area contributed by atoms with Gasteiger partial charge in [-0.05, 0) is 53.2 Å². The second-order valence-electron chi connectivity index (χ2n) is 4.34. The summed E-state index contributed by atoms with van der Waals surface area (Å²) in [5, 5.41) is 12.4. The molecule has 2 N–H and O–H groups in total. The minimum absolute atomic E-state index is 0.0935.